The third kappa shape index (κ3) is 3.86. The molecule has 0 bridgehead atoms. The first kappa shape index (κ1) is 15.1. The summed E-state index contributed by atoms with van der Waals surface area (Å²) < 4.78 is 38.5. The second-order valence-electron chi connectivity index (χ2n) is 4.18. The highest BCUT2D eigenvalue weighted by atomic mass is 35.5. The minimum absolute atomic E-state index is 0.0755. The first-order valence-electron chi connectivity index (χ1n) is 5.87. The maximum absolute atomic E-state index is 12.8. The zero-order valence-electron chi connectivity index (χ0n) is 10.6. The van der Waals surface area contributed by atoms with Crippen molar-refractivity contribution >= 4 is 17.4 Å². The number of halogens is 4. The fourth-order valence-corrected chi connectivity index (χ4v) is 2.00. The quantitative estimate of drug-likeness (QED) is 0.863. The van der Waals surface area contributed by atoms with Gasteiger partial charge in [-0.3, -0.25) is 0 Å². The molecule has 1 aromatic carbocycles. The lowest BCUT2D eigenvalue weighted by molar-refractivity contribution is -0.138. The molecule has 0 aliphatic carbocycles. The van der Waals surface area contributed by atoms with Crippen molar-refractivity contribution in [2.45, 2.75) is 12.7 Å². The maximum Gasteiger partial charge on any atom is 0.416 e. The number of anilines is 1. The van der Waals surface area contributed by atoms with Gasteiger partial charge in [-0.25, -0.2) is 4.98 Å². The number of rotatable bonds is 3. The largest absolute Gasteiger partial charge is 0.416 e. The van der Waals surface area contributed by atoms with Gasteiger partial charge in [-0.1, -0.05) is 29.8 Å². The van der Waals surface area contributed by atoms with E-state index in [1.165, 1.54) is 30.3 Å². The van der Waals surface area contributed by atoms with Crippen LogP contribution in [0.2, 0.25) is 5.15 Å². The average Bonchev–Trinajstić information content (AvgIpc) is 2.44. The number of pyridine rings is 1. The van der Waals surface area contributed by atoms with Gasteiger partial charge in [0.05, 0.1) is 17.2 Å². The first-order valence-corrected chi connectivity index (χ1v) is 6.24. The van der Waals surface area contributed by atoms with Crippen LogP contribution in [-0.4, -0.2) is 4.98 Å². The van der Waals surface area contributed by atoms with Gasteiger partial charge in [0.15, 0.2) is 0 Å². The number of hydrogen-bond donors (Lipinski definition) is 1. The number of alkyl halides is 3. The number of nitrogens with one attached hydrogen (secondary N) is 1. The molecular weight excluding hydrogens is 303 g/mol. The third-order valence-corrected chi connectivity index (χ3v) is 2.90. The van der Waals surface area contributed by atoms with Crippen LogP contribution in [0.15, 0.2) is 36.4 Å². The molecule has 0 aliphatic rings. The van der Waals surface area contributed by atoms with E-state index < -0.39 is 11.7 Å². The lowest BCUT2D eigenvalue weighted by atomic mass is 10.1. The van der Waals surface area contributed by atoms with Crippen molar-refractivity contribution in [1.82, 2.24) is 4.98 Å². The summed E-state index contributed by atoms with van der Waals surface area (Å²) in [6, 6.07) is 9.94. The highest BCUT2D eigenvalue weighted by Gasteiger charge is 2.32. The summed E-state index contributed by atoms with van der Waals surface area (Å²) in [4.78, 5) is 3.91. The Morgan fingerprint density at radius 2 is 1.95 bits per heavy atom. The minimum Gasteiger partial charge on any atom is -0.366 e. The van der Waals surface area contributed by atoms with E-state index >= 15 is 0 Å². The van der Waals surface area contributed by atoms with E-state index in [0.717, 1.165) is 6.07 Å². The van der Waals surface area contributed by atoms with Gasteiger partial charge in [0.2, 0.25) is 0 Å². The Hall–Kier alpha value is -2.26. The van der Waals surface area contributed by atoms with Crippen molar-refractivity contribution < 1.29 is 13.2 Å². The van der Waals surface area contributed by atoms with E-state index in [2.05, 4.69) is 10.3 Å². The first-order chi connectivity index (χ1) is 9.90. The Balaban J connectivity index is 2.22. The molecule has 0 saturated heterocycles. The van der Waals surface area contributed by atoms with Crippen molar-refractivity contribution in [3.63, 3.8) is 0 Å². The number of hydrogen-bond acceptors (Lipinski definition) is 3. The second-order valence-corrected chi connectivity index (χ2v) is 4.57. The molecule has 1 N–H and O–H groups in total. The Morgan fingerprint density at radius 3 is 2.62 bits per heavy atom. The van der Waals surface area contributed by atoms with Crippen LogP contribution in [0.3, 0.4) is 0 Å². The van der Waals surface area contributed by atoms with Crippen LogP contribution >= 0.6 is 11.6 Å². The standard InChI is InChI=1S/C14H9ClF3N3/c15-12-5-9(7-19)6-13(21-12)20-8-10-3-1-2-4-11(10)14(16,17)18/h1-6H,8H2,(H,20,21). The zero-order chi connectivity index (χ0) is 15.5. The molecule has 0 aliphatic heterocycles. The average molecular weight is 312 g/mol. The Kier molecular flexibility index (Phi) is 4.34. The molecule has 0 radical (unpaired) electrons. The lowest BCUT2D eigenvalue weighted by Gasteiger charge is -2.13. The summed E-state index contributed by atoms with van der Waals surface area (Å²) in [7, 11) is 0. The van der Waals surface area contributed by atoms with Gasteiger partial charge in [0, 0.05) is 6.54 Å². The van der Waals surface area contributed by atoms with Gasteiger partial charge < -0.3 is 5.32 Å². The summed E-state index contributed by atoms with van der Waals surface area (Å²) in [5.74, 6) is 0.246. The maximum atomic E-state index is 12.8. The van der Waals surface area contributed by atoms with Gasteiger partial charge in [0.1, 0.15) is 11.0 Å². The van der Waals surface area contributed by atoms with Crippen molar-refractivity contribution in [2.24, 2.45) is 0 Å². The van der Waals surface area contributed by atoms with Gasteiger partial charge in [-0.15, -0.1) is 0 Å². The topological polar surface area (TPSA) is 48.7 Å². The molecule has 2 rings (SSSR count). The highest BCUT2D eigenvalue weighted by Crippen LogP contribution is 2.32. The Bertz CT molecular complexity index is 693. The summed E-state index contributed by atoms with van der Waals surface area (Å²) in [5, 5.41) is 11.6. The number of benzene rings is 1. The molecule has 21 heavy (non-hydrogen) atoms. The molecule has 0 saturated carbocycles. The number of nitrogens with zero attached hydrogens (tertiary/aromatic N) is 2. The van der Waals surface area contributed by atoms with Crippen molar-refractivity contribution in [3.8, 4) is 6.07 Å². The third-order valence-electron chi connectivity index (χ3n) is 2.71. The predicted octanol–water partition coefficient (Wildman–Crippen LogP) is 4.24. The van der Waals surface area contributed by atoms with Crippen molar-refractivity contribution in [2.75, 3.05) is 5.32 Å². The smallest absolute Gasteiger partial charge is 0.366 e. The van der Waals surface area contributed by atoms with E-state index in [1.54, 1.807) is 0 Å². The molecule has 2 aromatic rings. The Morgan fingerprint density at radius 1 is 1.24 bits per heavy atom. The fraction of sp³-hybridized carbons (Fsp3) is 0.143. The van der Waals surface area contributed by atoms with Crippen LogP contribution in [0, 0.1) is 11.3 Å². The fourth-order valence-electron chi connectivity index (χ4n) is 1.79. The molecule has 0 fully saturated rings. The van der Waals surface area contributed by atoms with E-state index in [9.17, 15) is 13.2 Å². The SMILES string of the molecule is N#Cc1cc(Cl)nc(NCc2ccccc2C(F)(F)F)c1. The van der Waals surface area contributed by atoms with Crippen LogP contribution in [0.5, 0.6) is 0 Å². The van der Waals surface area contributed by atoms with Crippen LogP contribution in [-0.2, 0) is 12.7 Å². The summed E-state index contributed by atoms with van der Waals surface area (Å²) in [6.07, 6.45) is -4.42. The molecule has 1 aromatic heterocycles. The summed E-state index contributed by atoms with van der Waals surface area (Å²) in [5.41, 5.74) is -0.341. The van der Waals surface area contributed by atoms with Crippen LogP contribution in [0.1, 0.15) is 16.7 Å². The summed E-state index contributed by atoms with van der Waals surface area (Å²) >= 11 is 5.73. The molecule has 0 atom stereocenters. The van der Waals surface area contributed by atoms with E-state index in [-0.39, 0.29) is 28.6 Å². The second kappa shape index (κ2) is 6.02. The molecule has 108 valence electrons. The van der Waals surface area contributed by atoms with Gasteiger partial charge >= 0.3 is 6.18 Å². The van der Waals surface area contributed by atoms with Crippen molar-refractivity contribution in [3.05, 3.63) is 58.2 Å². The lowest BCUT2D eigenvalue weighted by Crippen LogP contribution is -2.12. The summed E-state index contributed by atoms with van der Waals surface area (Å²) in [6.45, 7) is -0.0755. The van der Waals surface area contributed by atoms with Gasteiger partial charge in [-0.2, -0.15) is 18.4 Å². The monoisotopic (exact) mass is 311 g/mol. The van der Waals surface area contributed by atoms with E-state index in [0.29, 0.717) is 0 Å². The van der Waals surface area contributed by atoms with Crippen LogP contribution < -0.4 is 5.32 Å². The molecule has 0 amide bonds. The molecule has 7 heteroatoms. The van der Waals surface area contributed by atoms with Gasteiger partial charge in [0.25, 0.3) is 0 Å². The van der Waals surface area contributed by atoms with E-state index in [4.69, 9.17) is 16.9 Å². The molecule has 0 spiro atoms. The highest BCUT2D eigenvalue weighted by molar-refractivity contribution is 6.29. The van der Waals surface area contributed by atoms with Crippen LogP contribution in [0.25, 0.3) is 0 Å². The molecule has 3 nitrogen and oxygen atoms in total. The Labute approximate surface area is 124 Å². The normalized spacial score (nSPS) is 11.0. The minimum atomic E-state index is -4.42. The van der Waals surface area contributed by atoms with Crippen molar-refractivity contribution in [1.29, 1.82) is 5.26 Å². The molecular formula is C14H9ClF3N3. The van der Waals surface area contributed by atoms with E-state index in [1.807, 2.05) is 6.07 Å². The zero-order valence-corrected chi connectivity index (χ0v) is 11.3. The molecule has 0 unspecified atom stereocenters. The number of nitriles is 1. The predicted molar refractivity (Wildman–Crippen MR) is 72.7 cm³/mol. The molecule has 1 heterocycles. The van der Waals surface area contributed by atoms with Gasteiger partial charge in [-0.05, 0) is 23.8 Å². The van der Waals surface area contributed by atoms with Crippen LogP contribution in [0.4, 0.5) is 19.0 Å². The number of aromatic nitrogens is 1.